The maximum absolute atomic E-state index is 11.0. The van der Waals surface area contributed by atoms with E-state index in [1.165, 1.54) is 13.8 Å². The Bertz CT molecular complexity index is 388. The first kappa shape index (κ1) is 10.7. The molecule has 0 saturated heterocycles. The van der Waals surface area contributed by atoms with Gasteiger partial charge in [-0.2, -0.15) is 0 Å². The Morgan fingerprint density at radius 1 is 1.29 bits per heavy atom. The molecule has 0 radical (unpaired) electrons. The number of rotatable bonds is 2. The summed E-state index contributed by atoms with van der Waals surface area (Å²) >= 11 is 5.82. The summed E-state index contributed by atoms with van der Waals surface area (Å²) < 4.78 is 0. The minimum Gasteiger partial charge on any atom is -0.325 e. The summed E-state index contributed by atoms with van der Waals surface area (Å²) in [5.74, 6) is -0.277. The van der Waals surface area contributed by atoms with Crippen molar-refractivity contribution in [2.75, 3.05) is 5.32 Å². The maximum Gasteiger partial charge on any atom is 0.221 e. The number of carbonyl (C=O) groups excluding carboxylic acids is 2. The van der Waals surface area contributed by atoms with Crippen LogP contribution < -0.4 is 5.32 Å². The molecule has 1 aromatic rings. The van der Waals surface area contributed by atoms with Crippen LogP contribution in [-0.4, -0.2) is 11.7 Å². The Hall–Kier alpha value is -1.35. The zero-order valence-electron chi connectivity index (χ0n) is 7.93. The summed E-state index contributed by atoms with van der Waals surface area (Å²) in [5, 5.41) is 2.97. The van der Waals surface area contributed by atoms with Crippen LogP contribution in [0, 0.1) is 0 Å². The van der Waals surface area contributed by atoms with E-state index in [2.05, 4.69) is 5.32 Å². The lowest BCUT2D eigenvalue weighted by atomic mass is 10.1. The predicted octanol–water partition coefficient (Wildman–Crippen LogP) is 2.50. The van der Waals surface area contributed by atoms with E-state index in [4.69, 9.17) is 11.6 Å². The number of hydrogen-bond donors (Lipinski definition) is 1. The summed E-state index contributed by atoms with van der Waals surface area (Å²) in [4.78, 5) is 21.8. The number of amides is 1. The molecule has 0 atom stereocenters. The summed E-state index contributed by atoms with van der Waals surface area (Å²) in [6.07, 6.45) is 0. The van der Waals surface area contributed by atoms with Crippen LogP contribution in [0.4, 0.5) is 5.69 Å². The fourth-order valence-electron chi connectivity index (χ4n) is 1.03. The van der Waals surface area contributed by atoms with Gasteiger partial charge in [0.1, 0.15) is 0 Å². The molecule has 1 rings (SSSR count). The lowest BCUT2D eigenvalue weighted by molar-refractivity contribution is -0.114. The van der Waals surface area contributed by atoms with E-state index >= 15 is 0 Å². The zero-order chi connectivity index (χ0) is 10.7. The average Bonchev–Trinajstić information content (AvgIpc) is 2.07. The standard InChI is InChI=1S/C10H10ClNO2/c1-6(13)8-3-4-9(11)10(5-8)12-7(2)14/h3-5H,1-2H3,(H,12,14). The van der Waals surface area contributed by atoms with Crippen LogP contribution in [0.25, 0.3) is 0 Å². The van der Waals surface area contributed by atoms with Crippen molar-refractivity contribution in [2.45, 2.75) is 13.8 Å². The molecule has 0 fully saturated rings. The molecule has 14 heavy (non-hydrogen) atoms. The first-order valence-electron chi connectivity index (χ1n) is 4.09. The number of nitrogens with one attached hydrogen (secondary N) is 1. The number of halogens is 1. The van der Waals surface area contributed by atoms with Gasteiger partial charge in [-0.3, -0.25) is 9.59 Å². The normalized spacial score (nSPS) is 9.64. The molecule has 1 N–H and O–H groups in total. The highest BCUT2D eigenvalue weighted by atomic mass is 35.5. The number of Topliss-reactive ketones (excluding diaryl/α,β-unsaturated/α-hetero) is 1. The topological polar surface area (TPSA) is 46.2 Å². The van der Waals surface area contributed by atoms with Crippen molar-refractivity contribution in [1.29, 1.82) is 0 Å². The van der Waals surface area contributed by atoms with E-state index in [9.17, 15) is 9.59 Å². The van der Waals surface area contributed by atoms with Crippen LogP contribution in [-0.2, 0) is 4.79 Å². The van der Waals surface area contributed by atoms with E-state index in [0.29, 0.717) is 16.3 Å². The second-order valence-corrected chi connectivity index (χ2v) is 3.34. The molecule has 4 heteroatoms. The second kappa shape index (κ2) is 4.24. The van der Waals surface area contributed by atoms with Crippen LogP contribution in [0.2, 0.25) is 5.02 Å². The molecule has 0 unspecified atom stereocenters. The number of hydrogen-bond acceptors (Lipinski definition) is 2. The van der Waals surface area contributed by atoms with Crippen molar-refractivity contribution >= 4 is 29.0 Å². The molecule has 1 amide bonds. The molecule has 0 aliphatic carbocycles. The average molecular weight is 212 g/mol. The number of carbonyl (C=O) groups is 2. The third-order valence-corrected chi connectivity index (χ3v) is 2.01. The third-order valence-electron chi connectivity index (χ3n) is 1.68. The van der Waals surface area contributed by atoms with Gasteiger partial charge in [-0.25, -0.2) is 0 Å². The maximum atomic E-state index is 11.0. The van der Waals surface area contributed by atoms with Crippen LogP contribution in [0.5, 0.6) is 0 Å². The summed E-state index contributed by atoms with van der Waals surface area (Å²) in [7, 11) is 0. The van der Waals surface area contributed by atoms with Crippen molar-refractivity contribution < 1.29 is 9.59 Å². The van der Waals surface area contributed by atoms with Gasteiger partial charge in [0.05, 0.1) is 10.7 Å². The van der Waals surface area contributed by atoms with Gasteiger partial charge in [0.15, 0.2) is 5.78 Å². The van der Waals surface area contributed by atoms with Crippen molar-refractivity contribution in [3.63, 3.8) is 0 Å². The van der Waals surface area contributed by atoms with Crippen molar-refractivity contribution in [2.24, 2.45) is 0 Å². The number of ketones is 1. The second-order valence-electron chi connectivity index (χ2n) is 2.93. The van der Waals surface area contributed by atoms with Crippen LogP contribution in [0.1, 0.15) is 24.2 Å². The highest BCUT2D eigenvalue weighted by molar-refractivity contribution is 6.33. The van der Waals surface area contributed by atoms with Gasteiger partial charge in [0, 0.05) is 12.5 Å². The molecule has 0 aliphatic rings. The minimum absolute atomic E-state index is 0.0618. The Morgan fingerprint density at radius 2 is 1.93 bits per heavy atom. The molecule has 1 aromatic carbocycles. The highest BCUT2D eigenvalue weighted by Gasteiger charge is 2.05. The Labute approximate surface area is 87.1 Å². The first-order valence-corrected chi connectivity index (χ1v) is 4.46. The van der Waals surface area contributed by atoms with E-state index in [1.807, 2.05) is 0 Å². The van der Waals surface area contributed by atoms with Gasteiger partial charge in [-0.15, -0.1) is 0 Å². The molecular weight excluding hydrogens is 202 g/mol. The first-order chi connectivity index (χ1) is 6.50. The van der Waals surface area contributed by atoms with Gasteiger partial charge in [-0.1, -0.05) is 11.6 Å². The Kier molecular flexibility index (Phi) is 3.25. The van der Waals surface area contributed by atoms with Gasteiger partial charge >= 0.3 is 0 Å². The van der Waals surface area contributed by atoms with Crippen molar-refractivity contribution in [3.05, 3.63) is 28.8 Å². The molecule has 0 spiro atoms. The summed E-state index contributed by atoms with van der Waals surface area (Å²) in [5.41, 5.74) is 0.991. The predicted molar refractivity (Wildman–Crippen MR) is 55.8 cm³/mol. The number of anilines is 1. The quantitative estimate of drug-likeness (QED) is 0.764. The summed E-state index contributed by atoms with van der Waals surface area (Å²) in [6, 6.07) is 4.77. The third kappa shape index (κ3) is 2.57. The van der Waals surface area contributed by atoms with Gasteiger partial charge < -0.3 is 5.32 Å². The van der Waals surface area contributed by atoms with Gasteiger partial charge in [0.25, 0.3) is 0 Å². The lowest BCUT2D eigenvalue weighted by Gasteiger charge is -2.05. The molecule has 0 saturated carbocycles. The monoisotopic (exact) mass is 211 g/mol. The van der Waals surface area contributed by atoms with Crippen molar-refractivity contribution in [3.8, 4) is 0 Å². The smallest absolute Gasteiger partial charge is 0.221 e. The highest BCUT2D eigenvalue weighted by Crippen LogP contribution is 2.23. The van der Waals surface area contributed by atoms with Crippen LogP contribution in [0.15, 0.2) is 18.2 Å². The Balaban J connectivity index is 3.08. The van der Waals surface area contributed by atoms with E-state index < -0.39 is 0 Å². The molecule has 0 bridgehead atoms. The Morgan fingerprint density at radius 3 is 2.43 bits per heavy atom. The fraction of sp³-hybridized carbons (Fsp3) is 0.200. The number of benzene rings is 1. The molecule has 0 heterocycles. The molecule has 0 aromatic heterocycles. The van der Waals surface area contributed by atoms with E-state index in [-0.39, 0.29) is 11.7 Å². The summed E-state index contributed by atoms with van der Waals surface area (Å²) in [6.45, 7) is 2.84. The van der Waals surface area contributed by atoms with Gasteiger partial charge in [-0.05, 0) is 25.1 Å². The fourth-order valence-corrected chi connectivity index (χ4v) is 1.19. The lowest BCUT2D eigenvalue weighted by Crippen LogP contribution is -2.07. The van der Waals surface area contributed by atoms with Crippen LogP contribution in [0.3, 0.4) is 0 Å². The largest absolute Gasteiger partial charge is 0.325 e. The molecule has 74 valence electrons. The molecule has 0 aliphatic heterocycles. The van der Waals surface area contributed by atoms with Gasteiger partial charge in [0.2, 0.25) is 5.91 Å². The van der Waals surface area contributed by atoms with Crippen LogP contribution >= 0.6 is 11.6 Å². The molecule has 3 nitrogen and oxygen atoms in total. The SMILES string of the molecule is CC(=O)Nc1cc(C(C)=O)ccc1Cl. The van der Waals surface area contributed by atoms with E-state index in [1.54, 1.807) is 18.2 Å². The molecular formula is C10H10ClNO2. The zero-order valence-corrected chi connectivity index (χ0v) is 8.68. The minimum atomic E-state index is -0.215. The van der Waals surface area contributed by atoms with Crippen molar-refractivity contribution in [1.82, 2.24) is 0 Å². The van der Waals surface area contributed by atoms with E-state index in [0.717, 1.165) is 0 Å².